The molecule has 0 unspecified atom stereocenters. The topological polar surface area (TPSA) is 76.3 Å². The molecule has 1 aromatic heterocycles. The molecule has 0 atom stereocenters. The van der Waals surface area contributed by atoms with Gasteiger partial charge in [0.25, 0.3) is 5.91 Å². The van der Waals surface area contributed by atoms with Crippen LogP contribution in [-0.2, 0) is 0 Å². The summed E-state index contributed by atoms with van der Waals surface area (Å²) in [5, 5.41) is 10.7. The van der Waals surface area contributed by atoms with Gasteiger partial charge in [-0.25, -0.2) is 4.98 Å². The highest BCUT2D eigenvalue weighted by molar-refractivity contribution is 6.32. The quantitative estimate of drug-likeness (QED) is 0.495. The zero-order valence-electron chi connectivity index (χ0n) is 10.5. The molecule has 1 aromatic carbocycles. The first-order valence-corrected chi connectivity index (χ1v) is 6.02. The molecule has 6 nitrogen and oxygen atoms in total. The Balaban J connectivity index is 2.44. The van der Waals surface area contributed by atoms with Crippen molar-refractivity contribution in [3.05, 3.63) is 63.4 Å². The lowest BCUT2D eigenvalue weighted by molar-refractivity contribution is -0.385. The molecule has 102 valence electrons. The number of anilines is 1. The Morgan fingerprint density at radius 2 is 1.95 bits per heavy atom. The van der Waals surface area contributed by atoms with Crippen molar-refractivity contribution < 1.29 is 9.72 Å². The molecule has 1 heterocycles. The molecule has 0 radical (unpaired) electrons. The molecular formula is C13H10ClN3O3. The standard InChI is InChI=1S/C13H10ClN3O3/c1-16(9-5-3-2-4-6-9)13(18)10-7-8-15-12(14)11(10)17(19)20/h2-8H,1H3. The van der Waals surface area contributed by atoms with E-state index in [4.69, 9.17) is 11.6 Å². The summed E-state index contributed by atoms with van der Waals surface area (Å²) in [6, 6.07) is 10.1. The van der Waals surface area contributed by atoms with Crippen LogP contribution in [0.5, 0.6) is 0 Å². The van der Waals surface area contributed by atoms with Crippen LogP contribution in [0.2, 0.25) is 5.15 Å². The molecule has 0 aliphatic carbocycles. The third-order valence-corrected chi connectivity index (χ3v) is 3.02. The van der Waals surface area contributed by atoms with Crippen molar-refractivity contribution in [3.8, 4) is 0 Å². The van der Waals surface area contributed by atoms with E-state index in [1.54, 1.807) is 24.3 Å². The lowest BCUT2D eigenvalue weighted by Crippen LogP contribution is -2.27. The predicted octanol–water partition coefficient (Wildman–Crippen LogP) is 2.92. The van der Waals surface area contributed by atoms with Crippen LogP contribution in [0.1, 0.15) is 10.4 Å². The Kier molecular flexibility index (Phi) is 3.95. The zero-order valence-corrected chi connectivity index (χ0v) is 11.2. The van der Waals surface area contributed by atoms with Gasteiger partial charge in [0.2, 0.25) is 5.15 Å². The molecule has 0 saturated carbocycles. The number of rotatable bonds is 3. The molecule has 0 aliphatic rings. The van der Waals surface area contributed by atoms with Crippen LogP contribution in [0.4, 0.5) is 11.4 Å². The third-order valence-electron chi connectivity index (χ3n) is 2.74. The van der Waals surface area contributed by atoms with Crippen molar-refractivity contribution in [1.82, 2.24) is 4.98 Å². The highest BCUT2D eigenvalue weighted by atomic mass is 35.5. The summed E-state index contributed by atoms with van der Waals surface area (Å²) in [6.45, 7) is 0. The molecule has 7 heteroatoms. The predicted molar refractivity (Wildman–Crippen MR) is 75.1 cm³/mol. The highest BCUT2D eigenvalue weighted by Crippen LogP contribution is 2.28. The third kappa shape index (κ3) is 2.60. The van der Waals surface area contributed by atoms with Gasteiger partial charge in [0.15, 0.2) is 0 Å². The molecule has 1 amide bonds. The number of hydrogen-bond donors (Lipinski definition) is 0. The van der Waals surface area contributed by atoms with E-state index < -0.39 is 16.5 Å². The van der Waals surface area contributed by atoms with Crippen molar-refractivity contribution in [2.24, 2.45) is 0 Å². The van der Waals surface area contributed by atoms with Crippen LogP contribution in [0.25, 0.3) is 0 Å². The first kappa shape index (κ1) is 14.0. The molecular weight excluding hydrogens is 282 g/mol. The second-order valence-corrected chi connectivity index (χ2v) is 4.31. The Labute approximate surface area is 119 Å². The van der Waals surface area contributed by atoms with Crippen LogP contribution >= 0.6 is 11.6 Å². The largest absolute Gasteiger partial charge is 0.319 e. The van der Waals surface area contributed by atoms with E-state index in [-0.39, 0.29) is 10.7 Å². The number of para-hydroxylation sites is 1. The van der Waals surface area contributed by atoms with Gasteiger partial charge in [0.1, 0.15) is 5.56 Å². The summed E-state index contributed by atoms with van der Waals surface area (Å²) in [4.78, 5) is 27.6. The first-order valence-electron chi connectivity index (χ1n) is 5.64. The highest BCUT2D eigenvalue weighted by Gasteiger charge is 2.27. The molecule has 0 aliphatic heterocycles. The number of carbonyl (C=O) groups is 1. The minimum absolute atomic E-state index is 0.0960. The van der Waals surface area contributed by atoms with Crippen LogP contribution in [0.3, 0.4) is 0 Å². The summed E-state index contributed by atoms with van der Waals surface area (Å²) in [5.41, 5.74) is 0.0445. The van der Waals surface area contributed by atoms with E-state index in [9.17, 15) is 14.9 Å². The van der Waals surface area contributed by atoms with Crippen molar-refractivity contribution in [2.75, 3.05) is 11.9 Å². The maximum Gasteiger partial charge on any atom is 0.319 e. The average molecular weight is 292 g/mol. The number of aromatic nitrogens is 1. The fraction of sp³-hybridized carbons (Fsp3) is 0.0769. The summed E-state index contributed by atoms with van der Waals surface area (Å²) in [5.74, 6) is -0.521. The van der Waals surface area contributed by atoms with Gasteiger partial charge in [0, 0.05) is 18.9 Å². The number of halogens is 1. The van der Waals surface area contributed by atoms with Crippen LogP contribution in [0.15, 0.2) is 42.6 Å². The average Bonchev–Trinajstić information content (AvgIpc) is 2.46. The minimum atomic E-state index is -0.707. The van der Waals surface area contributed by atoms with Crippen LogP contribution in [0, 0.1) is 10.1 Å². The first-order chi connectivity index (χ1) is 9.52. The maximum absolute atomic E-state index is 12.4. The minimum Gasteiger partial charge on any atom is -0.311 e. The van der Waals surface area contributed by atoms with Crippen molar-refractivity contribution in [2.45, 2.75) is 0 Å². The van der Waals surface area contributed by atoms with E-state index in [2.05, 4.69) is 4.98 Å². The molecule has 2 aromatic rings. The second-order valence-electron chi connectivity index (χ2n) is 3.95. The number of hydrogen-bond acceptors (Lipinski definition) is 4. The Bertz CT molecular complexity index is 661. The van der Waals surface area contributed by atoms with Crippen molar-refractivity contribution >= 4 is 28.9 Å². The number of nitro groups is 1. The number of amides is 1. The fourth-order valence-electron chi connectivity index (χ4n) is 1.72. The molecule has 0 bridgehead atoms. The second kappa shape index (κ2) is 5.66. The Hall–Kier alpha value is -2.47. The number of pyridine rings is 1. The summed E-state index contributed by atoms with van der Waals surface area (Å²) in [7, 11) is 1.54. The van der Waals surface area contributed by atoms with Gasteiger partial charge in [-0.05, 0) is 18.2 Å². The number of benzene rings is 1. The molecule has 0 spiro atoms. The van der Waals surface area contributed by atoms with Crippen LogP contribution < -0.4 is 4.90 Å². The molecule has 20 heavy (non-hydrogen) atoms. The SMILES string of the molecule is CN(C(=O)c1ccnc(Cl)c1[N+](=O)[O-])c1ccccc1. The fourth-order valence-corrected chi connectivity index (χ4v) is 1.95. The normalized spacial score (nSPS) is 10.1. The van der Waals surface area contributed by atoms with E-state index >= 15 is 0 Å². The summed E-state index contributed by atoms with van der Waals surface area (Å²) < 4.78 is 0. The van der Waals surface area contributed by atoms with Gasteiger partial charge < -0.3 is 4.90 Å². The lowest BCUT2D eigenvalue weighted by Gasteiger charge is -2.17. The monoisotopic (exact) mass is 291 g/mol. The zero-order chi connectivity index (χ0) is 14.7. The van der Waals surface area contributed by atoms with Crippen molar-refractivity contribution in [3.63, 3.8) is 0 Å². The molecule has 2 rings (SSSR count). The van der Waals surface area contributed by atoms with Gasteiger partial charge in [0.05, 0.1) is 4.92 Å². The van der Waals surface area contributed by atoms with Crippen LogP contribution in [-0.4, -0.2) is 22.9 Å². The van der Waals surface area contributed by atoms with Crippen molar-refractivity contribution in [1.29, 1.82) is 0 Å². The number of nitrogens with zero attached hydrogens (tertiary/aromatic N) is 3. The molecule has 0 fully saturated rings. The maximum atomic E-state index is 12.4. The van der Waals surface area contributed by atoms with E-state index in [0.717, 1.165) is 0 Å². The summed E-state index contributed by atoms with van der Waals surface area (Å²) >= 11 is 5.70. The number of carbonyl (C=O) groups excluding carboxylic acids is 1. The van der Waals surface area contributed by atoms with E-state index in [1.807, 2.05) is 6.07 Å². The van der Waals surface area contributed by atoms with Gasteiger partial charge >= 0.3 is 5.69 Å². The van der Waals surface area contributed by atoms with Gasteiger partial charge in [-0.2, -0.15) is 0 Å². The van der Waals surface area contributed by atoms with Gasteiger partial charge in [-0.15, -0.1) is 0 Å². The smallest absolute Gasteiger partial charge is 0.311 e. The lowest BCUT2D eigenvalue weighted by atomic mass is 10.2. The molecule has 0 N–H and O–H groups in total. The van der Waals surface area contributed by atoms with E-state index in [0.29, 0.717) is 5.69 Å². The summed E-state index contributed by atoms with van der Waals surface area (Å²) in [6.07, 6.45) is 1.27. The van der Waals surface area contributed by atoms with Gasteiger partial charge in [-0.1, -0.05) is 29.8 Å². The Morgan fingerprint density at radius 1 is 1.30 bits per heavy atom. The Morgan fingerprint density at radius 3 is 2.55 bits per heavy atom. The molecule has 0 saturated heterocycles. The van der Waals surface area contributed by atoms with Gasteiger partial charge in [-0.3, -0.25) is 14.9 Å². The van der Waals surface area contributed by atoms with E-state index in [1.165, 1.54) is 24.2 Å².